The van der Waals surface area contributed by atoms with Gasteiger partial charge in [0, 0.05) is 5.69 Å². The van der Waals surface area contributed by atoms with Gasteiger partial charge in [0.05, 0.1) is 25.2 Å². The number of aliphatic hydroxyl groups excluding tert-OH is 1. The molecule has 120 valence electrons. The van der Waals surface area contributed by atoms with Crippen molar-refractivity contribution in [1.82, 2.24) is 0 Å². The lowest BCUT2D eigenvalue weighted by atomic mass is 9.82. The largest absolute Gasteiger partial charge is 0.497 e. The van der Waals surface area contributed by atoms with Crippen LogP contribution in [0.25, 0.3) is 0 Å². The highest BCUT2D eigenvalue weighted by Gasteiger charge is 2.55. The fourth-order valence-electron chi connectivity index (χ4n) is 2.57. The third-order valence-corrected chi connectivity index (χ3v) is 3.60. The quantitative estimate of drug-likeness (QED) is 0.656. The first kappa shape index (κ1) is 16.3. The molecular weight excluding hydrogens is 286 g/mol. The van der Waals surface area contributed by atoms with E-state index < -0.39 is 24.0 Å². The average molecular weight is 307 g/mol. The summed E-state index contributed by atoms with van der Waals surface area (Å²) in [5.41, 5.74) is 0.577. The van der Waals surface area contributed by atoms with Crippen LogP contribution in [0.4, 0.5) is 5.69 Å². The first-order valence-electron chi connectivity index (χ1n) is 7.22. The van der Waals surface area contributed by atoms with Gasteiger partial charge in [0.15, 0.2) is 0 Å². The number of anilines is 1. The zero-order chi connectivity index (χ0) is 16.4. The Balaban J connectivity index is 2.27. The summed E-state index contributed by atoms with van der Waals surface area (Å²) in [5, 5.41) is 9.77. The van der Waals surface area contributed by atoms with Crippen molar-refractivity contribution in [2.45, 2.75) is 39.0 Å². The summed E-state index contributed by atoms with van der Waals surface area (Å²) >= 11 is 0. The lowest BCUT2D eigenvalue weighted by Gasteiger charge is -2.46. The van der Waals surface area contributed by atoms with Gasteiger partial charge >= 0.3 is 5.97 Å². The van der Waals surface area contributed by atoms with Crippen molar-refractivity contribution in [2.24, 2.45) is 5.92 Å². The minimum atomic E-state index is -0.910. The molecule has 1 saturated heterocycles. The Kier molecular flexibility index (Phi) is 4.71. The normalized spacial score (nSPS) is 22.3. The van der Waals surface area contributed by atoms with E-state index in [-0.39, 0.29) is 12.0 Å². The van der Waals surface area contributed by atoms with Crippen LogP contribution in [0, 0.1) is 5.92 Å². The number of ether oxygens (including phenoxy) is 2. The van der Waals surface area contributed by atoms with E-state index in [0.717, 1.165) is 0 Å². The van der Waals surface area contributed by atoms with Gasteiger partial charge in [0.2, 0.25) is 5.91 Å². The minimum Gasteiger partial charge on any atom is -0.497 e. The van der Waals surface area contributed by atoms with Gasteiger partial charge in [0.1, 0.15) is 11.8 Å². The van der Waals surface area contributed by atoms with Gasteiger partial charge in [-0.2, -0.15) is 0 Å². The maximum absolute atomic E-state index is 12.3. The van der Waals surface area contributed by atoms with E-state index in [2.05, 4.69) is 0 Å². The molecule has 1 aromatic carbocycles. The number of carbonyl (C=O) groups is 2. The van der Waals surface area contributed by atoms with E-state index in [1.807, 2.05) is 0 Å². The summed E-state index contributed by atoms with van der Waals surface area (Å²) in [6.45, 7) is 4.99. The lowest BCUT2D eigenvalue weighted by molar-refractivity contribution is -0.160. The standard InChI is InChI=1S/C16H21NO5/c1-9(2)22-16(20)14-13(10(3)18)15(19)17(14)11-5-7-12(21-4)8-6-11/h5-10,13-14,18H,1-4H3/t10-,13+,14-/m0/s1. The summed E-state index contributed by atoms with van der Waals surface area (Å²) in [6, 6.07) is 6.02. The Morgan fingerprint density at radius 2 is 1.82 bits per heavy atom. The van der Waals surface area contributed by atoms with Gasteiger partial charge in [-0.05, 0) is 45.0 Å². The number of methoxy groups -OCH3 is 1. The Morgan fingerprint density at radius 1 is 1.23 bits per heavy atom. The molecule has 0 aliphatic carbocycles. The number of rotatable bonds is 5. The zero-order valence-electron chi connectivity index (χ0n) is 13.1. The SMILES string of the molecule is COc1ccc(N2C(=O)[C@H]([C@H](C)O)[C@H]2C(=O)OC(C)C)cc1. The van der Waals surface area contributed by atoms with E-state index in [1.54, 1.807) is 45.2 Å². The average Bonchev–Trinajstić information content (AvgIpc) is 2.44. The smallest absolute Gasteiger partial charge is 0.330 e. The zero-order valence-corrected chi connectivity index (χ0v) is 13.1. The molecule has 0 spiro atoms. The molecule has 0 radical (unpaired) electrons. The molecule has 3 atom stereocenters. The molecule has 1 aliphatic heterocycles. The van der Waals surface area contributed by atoms with E-state index in [4.69, 9.17) is 9.47 Å². The van der Waals surface area contributed by atoms with E-state index >= 15 is 0 Å². The molecule has 0 unspecified atom stereocenters. The van der Waals surface area contributed by atoms with Crippen LogP contribution in [0.1, 0.15) is 20.8 Å². The Labute approximate surface area is 129 Å². The minimum absolute atomic E-state index is 0.282. The highest BCUT2D eigenvalue weighted by Crippen LogP contribution is 2.36. The fraction of sp³-hybridized carbons (Fsp3) is 0.500. The highest BCUT2D eigenvalue weighted by atomic mass is 16.5. The number of amides is 1. The maximum Gasteiger partial charge on any atom is 0.330 e. The first-order chi connectivity index (χ1) is 10.4. The number of esters is 1. The summed E-state index contributed by atoms with van der Waals surface area (Å²) in [7, 11) is 1.55. The molecular formula is C16H21NO5. The van der Waals surface area contributed by atoms with E-state index in [1.165, 1.54) is 11.8 Å². The molecule has 6 heteroatoms. The molecule has 2 rings (SSSR count). The first-order valence-corrected chi connectivity index (χ1v) is 7.22. The third-order valence-electron chi connectivity index (χ3n) is 3.60. The Hall–Kier alpha value is -2.08. The number of carbonyl (C=O) groups excluding carboxylic acids is 2. The van der Waals surface area contributed by atoms with E-state index in [9.17, 15) is 14.7 Å². The Bertz CT molecular complexity index is 552. The number of benzene rings is 1. The molecule has 1 heterocycles. The third kappa shape index (κ3) is 2.92. The second-order valence-corrected chi connectivity index (χ2v) is 5.60. The van der Waals surface area contributed by atoms with Crippen LogP contribution in [-0.2, 0) is 14.3 Å². The number of β-lactam (4-membered cyclic amide) rings is 1. The van der Waals surface area contributed by atoms with Crippen LogP contribution in [0.2, 0.25) is 0 Å². The number of aliphatic hydroxyl groups is 1. The van der Waals surface area contributed by atoms with Gasteiger partial charge < -0.3 is 14.6 Å². The van der Waals surface area contributed by atoms with Gasteiger partial charge in [-0.15, -0.1) is 0 Å². The fourth-order valence-corrected chi connectivity index (χ4v) is 2.57. The van der Waals surface area contributed by atoms with Crippen molar-refractivity contribution in [3.63, 3.8) is 0 Å². The topological polar surface area (TPSA) is 76.1 Å². The molecule has 0 aromatic heterocycles. The molecule has 0 bridgehead atoms. The van der Waals surface area contributed by atoms with Crippen LogP contribution in [0.3, 0.4) is 0 Å². The van der Waals surface area contributed by atoms with Gasteiger partial charge in [0.25, 0.3) is 0 Å². The van der Waals surface area contributed by atoms with Gasteiger partial charge in [-0.1, -0.05) is 0 Å². The van der Waals surface area contributed by atoms with Crippen molar-refractivity contribution in [2.75, 3.05) is 12.0 Å². The van der Waals surface area contributed by atoms with E-state index in [0.29, 0.717) is 11.4 Å². The second kappa shape index (κ2) is 6.36. The van der Waals surface area contributed by atoms with Crippen molar-refractivity contribution in [1.29, 1.82) is 0 Å². The maximum atomic E-state index is 12.3. The van der Waals surface area contributed by atoms with Crippen LogP contribution in [0.15, 0.2) is 24.3 Å². The van der Waals surface area contributed by atoms with Crippen molar-refractivity contribution in [3.8, 4) is 5.75 Å². The molecule has 6 nitrogen and oxygen atoms in total. The van der Waals surface area contributed by atoms with Crippen LogP contribution < -0.4 is 9.64 Å². The summed E-state index contributed by atoms with van der Waals surface area (Å²) in [5.74, 6) is -0.902. The summed E-state index contributed by atoms with van der Waals surface area (Å²) in [4.78, 5) is 25.9. The van der Waals surface area contributed by atoms with Crippen LogP contribution in [0.5, 0.6) is 5.75 Å². The molecule has 1 N–H and O–H groups in total. The lowest BCUT2D eigenvalue weighted by Crippen LogP contribution is -2.68. The molecule has 1 fully saturated rings. The number of nitrogens with zero attached hydrogens (tertiary/aromatic N) is 1. The summed E-state index contributed by atoms with van der Waals surface area (Å²) in [6.07, 6.45) is -1.19. The van der Waals surface area contributed by atoms with Crippen molar-refractivity contribution in [3.05, 3.63) is 24.3 Å². The molecule has 1 amide bonds. The predicted octanol–water partition coefficient (Wildman–Crippen LogP) is 1.36. The van der Waals surface area contributed by atoms with Gasteiger partial charge in [-0.3, -0.25) is 9.69 Å². The highest BCUT2D eigenvalue weighted by molar-refractivity contribution is 6.11. The van der Waals surface area contributed by atoms with Crippen LogP contribution in [-0.4, -0.2) is 42.3 Å². The van der Waals surface area contributed by atoms with Crippen molar-refractivity contribution >= 4 is 17.6 Å². The second-order valence-electron chi connectivity index (χ2n) is 5.60. The van der Waals surface area contributed by atoms with Gasteiger partial charge in [-0.25, -0.2) is 4.79 Å². The predicted molar refractivity (Wildman–Crippen MR) is 80.7 cm³/mol. The number of hydrogen-bond acceptors (Lipinski definition) is 5. The monoisotopic (exact) mass is 307 g/mol. The summed E-state index contributed by atoms with van der Waals surface area (Å²) < 4.78 is 10.3. The number of hydrogen-bond donors (Lipinski definition) is 1. The Morgan fingerprint density at radius 3 is 2.27 bits per heavy atom. The van der Waals surface area contributed by atoms with Crippen LogP contribution >= 0.6 is 0 Å². The molecule has 0 saturated carbocycles. The molecule has 22 heavy (non-hydrogen) atoms. The molecule has 1 aliphatic rings. The molecule has 1 aromatic rings. The van der Waals surface area contributed by atoms with Crippen molar-refractivity contribution < 1.29 is 24.2 Å².